The van der Waals surface area contributed by atoms with Crippen molar-refractivity contribution in [3.63, 3.8) is 0 Å². The molecule has 0 aliphatic heterocycles. The fraction of sp³-hybridized carbons (Fsp3) is 0.438. The Morgan fingerprint density at radius 2 is 2.00 bits per heavy atom. The van der Waals surface area contributed by atoms with Gasteiger partial charge in [0.25, 0.3) is 5.92 Å². The summed E-state index contributed by atoms with van der Waals surface area (Å²) in [7, 11) is 0. The van der Waals surface area contributed by atoms with Crippen LogP contribution >= 0.6 is 0 Å². The Kier molecular flexibility index (Phi) is 4.64. The van der Waals surface area contributed by atoms with Crippen molar-refractivity contribution in [2.24, 2.45) is 5.73 Å². The molecule has 0 spiro atoms. The summed E-state index contributed by atoms with van der Waals surface area (Å²) in [5.74, 6) is -4.58. The summed E-state index contributed by atoms with van der Waals surface area (Å²) in [5.41, 5.74) is 3.67. The second-order valence-corrected chi connectivity index (χ2v) is 5.71. The maximum atomic E-state index is 14.3. The number of amides is 2. The highest BCUT2D eigenvalue weighted by Crippen LogP contribution is 2.36. The van der Waals surface area contributed by atoms with Crippen LogP contribution in [0, 0.1) is 11.3 Å². The third kappa shape index (κ3) is 4.03. The first-order valence-corrected chi connectivity index (χ1v) is 7.29. The molecule has 0 saturated heterocycles. The average molecular weight is 321 g/mol. The first-order chi connectivity index (χ1) is 10.8. The van der Waals surface area contributed by atoms with E-state index in [2.05, 4.69) is 5.32 Å². The molecule has 0 radical (unpaired) electrons. The fourth-order valence-electron chi connectivity index (χ4n) is 2.34. The molecule has 1 aliphatic carbocycles. The van der Waals surface area contributed by atoms with Crippen LogP contribution in [0.25, 0.3) is 0 Å². The van der Waals surface area contributed by atoms with Crippen LogP contribution in [-0.4, -0.2) is 17.4 Å². The van der Waals surface area contributed by atoms with Crippen molar-refractivity contribution in [2.75, 3.05) is 0 Å². The van der Waals surface area contributed by atoms with Crippen molar-refractivity contribution in [1.29, 1.82) is 5.26 Å². The van der Waals surface area contributed by atoms with Crippen LogP contribution < -0.4 is 11.1 Å². The maximum Gasteiger partial charge on any atom is 0.274 e. The van der Waals surface area contributed by atoms with E-state index in [9.17, 15) is 18.4 Å². The topological polar surface area (TPSA) is 96.0 Å². The molecular weight excluding hydrogens is 304 g/mol. The lowest BCUT2D eigenvalue weighted by molar-refractivity contribution is -0.122. The van der Waals surface area contributed by atoms with Gasteiger partial charge in [-0.2, -0.15) is 5.26 Å². The van der Waals surface area contributed by atoms with E-state index in [1.54, 1.807) is 0 Å². The highest BCUT2D eigenvalue weighted by atomic mass is 19.3. The van der Waals surface area contributed by atoms with Gasteiger partial charge >= 0.3 is 0 Å². The zero-order valence-electron chi connectivity index (χ0n) is 12.4. The number of nitriles is 1. The fourth-order valence-corrected chi connectivity index (χ4v) is 2.34. The zero-order valence-corrected chi connectivity index (χ0v) is 12.4. The van der Waals surface area contributed by atoms with Gasteiger partial charge in [0.1, 0.15) is 5.54 Å². The Balaban J connectivity index is 1.93. The summed E-state index contributed by atoms with van der Waals surface area (Å²) in [4.78, 5) is 22.9. The number of carbonyl (C=O) groups excluding carboxylic acids is 2. The van der Waals surface area contributed by atoms with Crippen LogP contribution in [0.3, 0.4) is 0 Å². The Hall–Kier alpha value is -2.49. The molecule has 1 fully saturated rings. The Bertz CT molecular complexity index is 664. The first kappa shape index (κ1) is 16.9. The van der Waals surface area contributed by atoms with Gasteiger partial charge in [0.15, 0.2) is 0 Å². The molecule has 0 atom stereocenters. The van der Waals surface area contributed by atoms with Crippen LogP contribution in [-0.2, 0) is 10.7 Å². The maximum absolute atomic E-state index is 14.3. The van der Waals surface area contributed by atoms with E-state index in [-0.39, 0.29) is 18.4 Å². The molecule has 7 heteroatoms. The zero-order chi connectivity index (χ0) is 17.1. The average Bonchev–Trinajstić information content (AvgIpc) is 3.27. The predicted molar refractivity (Wildman–Crippen MR) is 78.4 cm³/mol. The Morgan fingerprint density at radius 3 is 2.57 bits per heavy atom. The van der Waals surface area contributed by atoms with Crippen molar-refractivity contribution < 1.29 is 18.4 Å². The first-order valence-electron chi connectivity index (χ1n) is 7.29. The summed E-state index contributed by atoms with van der Waals surface area (Å²) in [6.07, 6.45) is 0.449. The molecule has 0 unspecified atom stereocenters. The lowest BCUT2D eigenvalue weighted by Gasteiger charge is -2.19. The van der Waals surface area contributed by atoms with E-state index in [0.717, 1.165) is 6.07 Å². The number of benzene rings is 1. The number of rotatable bonds is 7. The molecule has 1 aliphatic rings. The minimum atomic E-state index is -3.25. The van der Waals surface area contributed by atoms with Crippen molar-refractivity contribution in [1.82, 2.24) is 5.32 Å². The SMILES string of the molecule is N#CC1(NC(=O)CCCC(F)(F)c2ccccc2C(N)=O)CC1. The Morgan fingerprint density at radius 1 is 1.35 bits per heavy atom. The van der Waals surface area contributed by atoms with Gasteiger partial charge < -0.3 is 11.1 Å². The van der Waals surface area contributed by atoms with Crippen molar-refractivity contribution >= 4 is 11.8 Å². The van der Waals surface area contributed by atoms with Gasteiger partial charge in [-0.05, 0) is 25.3 Å². The van der Waals surface area contributed by atoms with E-state index < -0.39 is 35.3 Å². The number of nitrogens with one attached hydrogen (secondary N) is 1. The van der Waals surface area contributed by atoms with Crippen LogP contribution in [0.1, 0.15) is 48.0 Å². The van der Waals surface area contributed by atoms with Crippen molar-refractivity contribution in [2.45, 2.75) is 43.6 Å². The third-order valence-electron chi connectivity index (χ3n) is 3.82. The van der Waals surface area contributed by atoms with Gasteiger partial charge in [0.05, 0.1) is 6.07 Å². The monoisotopic (exact) mass is 321 g/mol. The second kappa shape index (κ2) is 6.32. The van der Waals surface area contributed by atoms with Gasteiger partial charge in [-0.3, -0.25) is 9.59 Å². The number of halogens is 2. The van der Waals surface area contributed by atoms with Gasteiger partial charge in [-0.1, -0.05) is 18.2 Å². The number of primary amides is 1. The number of alkyl halides is 2. The quantitative estimate of drug-likeness (QED) is 0.806. The lowest BCUT2D eigenvalue weighted by Crippen LogP contribution is -2.35. The molecule has 5 nitrogen and oxygen atoms in total. The molecule has 0 aromatic heterocycles. The van der Waals surface area contributed by atoms with Crippen LogP contribution in [0.15, 0.2) is 24.3 Å². The van der Waals surface area contributed by atoms with E-state index in [4.69, 9.17) is 11.0 Å². The molecule has 2 rings (SSSR count). The van der Waals surface area contributed by atoms with Crippen molar-refractivity contribution in [3.8, 4) is 6.07 Å². The lowest BCUT2D eigenvalue weighted by atomic mass is 9.97. The molecular formula is C16H17F2N3O2. The van der Waals surface area contributed by atoms with Crippen molar-refractivity contribution in [3.05, 3.63) is 35.4 Å². The summed E-state index contributed by atoms with van der Waals surface area (Å²) in [6, 6.07) is 7.29. The van der Waals surface area contributed by atoms with Crippen LogP contribution in [0.4, 0.5) is 8.78 Å². The molecule has 3 N–H and O–H groups in total. The molecule has 122 valence electrons. The molecule has 1 aromatic carbocycles. The molecule has 2 amide bonds. The summed E-state index contributed by atoms with van der Waals surface area (Å²) in [5, 5.41) is 11.4. The van der Waals surface area contributed by atoms with E-state index in [0.29, 0.717) is 12.8 Å². The molecule has 0 bridgehead atoms. The second-order valence-electron chi connectivity index (χ2n) is 5.71. The number of nitrogens with zero attached hydrogens (tertiary/aromatic N) is 1. The van der Waals surface area contributed by atoms with E-state index in [1.807, 2.05) is 6.07 Å². The van der Waals surface area contributed by atoms with Crippen LogP contribution in [0.2, 0.25) is 0 Å². The number of hydrogen-bond acceptors (Lipinski definition) is 3. The smallest absolute Gasteiger partial charge is 0.274 e. The highest BCUT2D eigenvalue weighted by Gasteiger charge is 2.44. The third-order valence-corrected chi connectivity index (χ3v) is 3.82. The summed E-state index contributed by atoms with van der Waals surface area (Å²) >= 11 is 0. The van der Waals surface area contributed by atoms with E-state index >= 15 is 0 Å². The number of carbonyl (C=O) groups is 2. The molecule has 23 heavy (non-hydrogen) atoms. The minimum absolute atomic E-state index is 0.0621. The van der Waals surface area contributed by atoms with Gasteiger partial charge in [0.2, 0.25) is 11.8 Å². The molecule has 1 saturated carbocycles. The van der Waals surface area contributed by atoms with Gasteiger partial charge in [0, 0.05) is 24.0 Å². The summed E-state index contributed by atoms with van der Waals surface area (Å²) < 4.78 is 28.5. The minimum Gasteiger partial charge on any atom is -0.366 e. The molecule has 1 aromatic rings. The Labute approximate surface area is 132 Å². The van der Waals surface area contributed by atoms with Crippen LogP contribution in [0.5, 0.6) is 0 Å². The number of nitrogens with two attached hydrogens (primary N) is 1. The van der Waals surface area contributed by atoms with Gasteiger partial charge in [-0.25, -0.2) is 8.78 Å². The molecule has 0 heterocycles. The van der Waals surface area contributed by atoms with Gasteiger partial charge in [-0.15, -0.1) is 0 Å². The largest absolute Gasteiger partial charge is 0.366 e. The summed E-state index contributed by atoms with van der Waals surface area (Å²) in [6.45, 7) is 0. The normalized spacial score (nSPS) is 15.5. The predicted octanol–water partition coefficient (Wildman–Crippen LogP) is 2.22. The number of hydrogen-bond donors (Lipinski definition) is 2. The standard InChI is InChI=1S/C16H17F2N3O2/c17-16(18,12-5-2-1-4-11(12)14(20)23)7-3-6-13(22)21-15(10-19)8-9-15/h1-2,4-5H,3,6-9H2,(H2,20,23)(H,21,22). The van der Waals surface area contributed by atoms with E-state index in [1.165, 1.54) is 18.2 Å². The highest BCUT2D eigenvalue weighted by molar-refractivity contribution is 5.94.